The summed E-state index contributed by atoms with van der Waals surface area (Å²) in [4.78, 5) is 70.1. The number of esters is 1. The van der Waals surface area contributed by atoms with Crippen LogP contribution in [0.1, 0.15) is 60.4 Å². The zero-order valence-corrected chi connectivity index (χ0v) is 42.7. The molecule has 0 spiro atoms. The first-order chi connectivity index (χ1) is 34.6. The van der Waals surface area contributed by atoms with Gasteiger partial charge in [0.15, 0.2) is 16.9 Å². The molecule has 0 saturated carbocycles. The second-order valence-electron chi connectivity index (χ2n) is 17.3. The summed E-state index contributed by atoms with van der Waals surface area (Å²) in [7, 11) is -3.46. The first kappa shape index (κ1) is 51.3. The summed E-state index contributed by atoms with van der Waals surface area (Å²) in [5.74, 6) is -1.97. The number of anilines is 1. The Morgan fingerprint density at radius 2 is 1.36 bits per heavy atom. The fourth-order valence-electron chi connectivity index (χ4n) is 7.83. The summed E-state index contributed by atoms with van der Waals surface area (Å²) in [5, 5.41) is 12.6. The van der Waals surface area contributed by atoms with E-state index in [9.17, 15) is 27.6 Å². The first-order valence-corrected chi connectivity index (χ1v) is 27.3. The predicted molar refractivity (Wildman–Crippen MR) is 281 cm³/mol. The van der Waals surface area contributed by atoms with Gasteiger partial charge in [0, 0.05) is 39.3 Å². The van der Waals surface area contributed by atoms with Crippen LogP contribution in [-0.4, -0.2) is 83.5 Å². The van der Waals surface area contributed by atoms with E-state index < -0.39 is 62.6 Å². The average molecular weight is 1040 g/mol. The highest BCUT2D eigenvalue weighted by atomic mass is 32.2. The number of hydrogen-bond donors (Lipinski definition) is 3. The van der Waals surface area contributed by atoms with Crippen LogP contribution in [-0.2, 0) is 44.3 Å². The summed E-state index contributed by atoms with van der Waals surface area (Å²) in [6.45, 7) is 5.19. The maximum absolute atomic E-state index is 14.9. The Morgan fingerprint density at radius 1 is 0.833 bits per heavy atom. The normalized spacial score (nSPS) is 16.2. The van der Waals surface area contributed by atoms with Crippen LogP contribution in [0, 0.1) is 0 Å². The fraction of sp³-hybridized carbons (Fsp3) is 0.208. The van der Waals surface area contributed by atoms with E-state index in [1.165, 1.54) is 22.0 Å². The van der Waals surface area contributed by atoms with Crippen molar-refractivity contribution in [1.29, 1.82) is 0 Å². The Hall–Kier alpha value is -7.03. The number of rotatable bonds is 18. The number of fused-ring (bicyclic) bond motifs is 1. The topological polar surface area (TPSA) is 195 Å². The number of sulfonamides is 1. The van der Waals surface area contributed by atoms with Crippen molar-refractivity contribution in [3.05, 3.63) is 213 Å². The lowest BCUT2D eigenvalue weighted by Gasteiger charge is -2.49. The molecule has 3 heterocycles. The van der Waals surface area contributed by atoms with Crippen molar-refractivity contribution in [2.45, 2.75) is 49.5 Å². The van der Waals surface area contributed by atoms with Crippen molar-refractivity contribution in [2.75, 3.05) is 23.9 Å². The van der Waals surface area contributed by atoms with E-state index in [2.05, 4.69) is 25.5 Å². The minimum absolute atomic E-state index is 0.00378. The summed E-state index contributed by atoms with van der Waals surface area (Å²) in [5.41, 5.74) is 1.000. The van der Waals surface area contributed by atoms with Crippen LogP contribution < -0.4 is 15.4 Å². The summed E-state index contributed by atoms with van der Waals surface area (Å²) in [6.07, 6.45) is 1.05. The van der Waals surface area contributed by atoms with Crippen LogP contribution in [0.4, 0.5) is 9.93 Å². The first-order valence-electron chi connectivity index (χ1n) is 22.6. The molecule has 8 rings (SSSR count). The van der Waals surface area contributed by atoms with Gasteiger partial charge in [-0.15, -0.1) is 23.1 Å². The molecule has 19 heteroatoms. The number of benzene rings is 5. The third-order valence-electron chi connectivity index (χ3n) is 11.0. The lowest BCUT2D eigenvalue weighted by molar-refractivity contribution is -0.154. The maximum atomic E-state index is 14.9. The number of oxime groups is 1. The molecule has 3 N–H and O–H groups in total. The lowest BCUT2D eigenvalue weighted by Crippen LogP contribution is -2.71. The van der Waals surface area contributed by atoms with E-state index in [4.69, 9.17) is 14.3 Å². The van der Waals surface area contributed by atoms with Crippen LogP contribution in [0.2, 0.25) is 0 Å². The Labute approximate surface area is 430 Å². The van der Waals surface area contributed by atoms with Crippen LogP contribution in [0.3, 0.4) is 0 Å². The predicted octanol–water partition coefficient (Wildman–Crippen LogP) is 8.94. The van der Waals surface area contributed by atoms with E-state index >= 15 is 0 Å². The number of carbonyl (C=O) groups excluding carboxylic acids is 4. The third kappa shape index (κ3) is 12.2. The van der Waals surface area contributed by atoms with E-state index in [1.54, 1.807) is 32.3 Å². The molecule has 1 aromatic heterocycles. The van der Waals surface area contributed by atoms with Gasteiger partial charge >= 0.3 is 12.1 Å². The molecule has 0 radical (unpaired) electrons. The van der Waals surface area contributed by atoms with Crippen LogP contribution in [0.25, 0.3) is 0 Å². The van der Waals surface area contributed by atoms with Gasteiger partial charge in [-0.05, 0) is 37.3 Å². The Morgan fingerprint density at radius 3 is 1.88 bits per heavy atom. The summed E-state index contributed by atoms with van der Waals surface area (Å²) < 4.78 is 37.6. The van der Waals surface area contributed by atoms with E-state index in [0.717, 1.165) is 29.4 Å². The van der Waals surface area contributed by atoms with Crippen molar-refractivity contribution >= 4 is 79.6 Å². The second kappa shape index (κ2) is 22.6. The molecule has 72 heavy (non-hydrogen) atoms. The average Bonchev–Trinajstić information content (AvgIpc) is 3.83. The van der Waals surface area contributed by atoms with Gasteiger partial charge in [-0.2, -0.15) is 0 Å². The molecule has 1 fully saturated rings. The highest BCUT2D eigenvalue weighted by Gasteiger charge is 2.55. The van der Waals surface area contributed by atoms with Gasteiger partial charge in [0.1, 0.15) is 28.4 Å². The number of nitrogens with zero attached hydrogens (tertiary/aromatic N) is 3. The Kier molecular flexibility index (Phi) is 16.1. The van der Waals surface area contributed by atoms with Crippen molar-refractivity contribution in [1.82, 2.24) is 19.9 Å². The number of nitrogens with one attached hydrogen (secondary N) is 3. The second-order valence-corrected chi connectivity index (χ2v) is 22.1. The minimum Gasteiger partial charge on any atom is -0.448 e. The summed E-state index contributed by atoms with van der Waals surface area (Å²) in [6, 6.07) is 45.6. The number of ether oxygens (including phenoxy) is 2. The quantitative estimate of drug-likeness (QED) is 0.0244. The summed E-state index contributed by atoms with van der Waals surface area (Å²) >= 11 is 3.50. The molecule has 15 nitrogen and oxygen atoms in total. The number of aromatic nitrogens is 1. The van der Waals surface area contributed by atoms with Crippen LogP contribution in [0.15, 0.2) is 184 Å². The molecule has 0 bridgehead atoms. The number of hydrogen-bond acceptors (Lipinski definition) is 14. The number of amides is 3. The fourth-order valence-corrected chi connectivity index (χ4v) is 11.2. The molecule has 0 aliphatic carbocycles. The van der Waals surface area contributed by atoms with Crippen molar-refractivity contribution in [3.8, 4) is 0 Å². The lowest BCUT2D eigenvalue weighted by atomic mass is 9.80. The van der Waals surface area contributed by atoms with Gasteiger partial charge < -0.3 is 19.6 Å². The number of carbonyl (C=O) groups is 4. The third-order valence-corrected chi connectivity index (χ3v) is 14.9. The highest BCUT2D eigenvalue weighted by Crippen LogP contribution is 2.45. The molecule has 370 valence electrons. The van der Waals surface area contributed by atoms with E-state index in [1.807, 2.05) is 152 Å². The minimum atomic E-state index is -3.46. The molecular weight excluding hydrogens is 993 g/mol. The molecule has 2 aliphatic heterocycles. The smallest absolute Gasteiger partial charge is 0.413 e. The molecule has 5 aromatic carbocycles. The SMILES string of the molecule is CC(C)(C)OC(=O)Nc1nc(/C(=N/OC(c2ccccc2)(c2ccccc2)c2ccccc2)C(=O)NC2C(=O)N3C(C(=O)OC(c4ccccc4)c4ccccc4)=C(S/C=C\CNS(C)(=O)=O)CS[C@H]23)cs1. The maximum Gasteiger partial charge on any atom is 0.413 e. The van der Waals surface area contributed by atoms with Gasteiger partial charge in [0.25, 0.3) is 11.8 Å². The Balaban J connectivity index is 1.14. The monoisotopic (exact) mass is 1040 g/mol. The largest absolute Gasteiger partial charge is 0.448 e. The van der Waals surface area contributed by atoms with Gasteiger partial charge in [-0.3, -0.25) is 19.8 Å². The van der Waals surface area contributed by atoms with Crippen LogP contribution in [0.5, 0.6) is 0 Å². The molecule has 2 aliphatic rings. The number of thiazole rings is 1. The molecule has 6 aromatic rings. The van der Waals surface area contributed by atoms with Crippen LogP contribution >= 0.6 is 34.9 Å². The molecule has 3 amide bonds. The zero-order chi connectivity index (χ0) is 50.9. The van der Waals surface area contributed by atoms with Gasteiger partial charge in [-0.1, -0.05) is 175 Å². The molecule has 1 unspecified atom stereocenters. The highest BCUT2D eigenvalue weighted by molar-refractivity contribution is 8.08. The van der Waals surface area contributed by atoms with E-state index in [0.29, 0.717) is 32.7 Å². The number of thioether (sulfide) groups is 2. The molecule has 1 saturated heterocycles. The van der Waals surface area contributed by atoms with Crippen molar-refractivity contribution < 1.29 is 41.9 Å². The number of β-lactam (4-membered cyclic amide) rings is 1. The zero-order valence-electron chi connectivity index (χ0n) is 39.5. The Bertz CT molecular complexity index is 2960. The van der Waals surface area contributed by atoms with E-state index in [-0.39, 0.29) is 34.5 Å². The standard InChI is InChI=1S/C53H50N6O9S4/c1-52(2,3)67-51(63)57-50-55-40(33-71-50)42(58-68-53(37-25-14-7-15-26-37,38-27-16-8-17-28-38)39-29-18-9-19-30-39)46(60)56-43-47(61)59-44(41(34-70-48(43)59)69-32-20-31-54-72(4,64)65)49(62)66-45(35-21-10-5-11-22-35)36-23-12-6-13-24-36/h5-30,32-33,43,45,48,54H,31,34H2,1-4H3,(H,56,60)(H,55,57,63)/b32-20-,58-42-/t43?,48-/m1/s1. The van der Waals surface area contributed by atoms with Crippen molar-refractivity contribution in [3.63, 3.8) is 0 Å². The van der Waals surface area contributed by atoms with Gasteiger partial charge in [0.05, 0.1) is 6.26 Å². The van der Waals surface area contributed by atoms with Gasteiger partial charge in [0.2, 0.25) is 15.6 Å². The molecular formula is C53H50N6O9S4. The molecule has 2 atom stereocenters. The van der Waals surface area contributed by atoms with Gasteiger partial charge in [-0.25, -0.2) is 27.7 Å². The van der Waals surface area contributed by atoms with Crippen molar-refractivity contribution in [2.24, 2.45) is 5.16 Å².